The Bertz CT molecular complexity index is 1120. The highest BCUT2D eigenvalue weighted by Gasteiger charge is 2.11. The molecule has 1 amide bonds. The number of pyridine rings is 3. The van der Waals surface area contributed by atoms with Crippen molar-refractivity contribution in [2.45, 2.75) is 4.90 Å². The average molecular weight is 392 g/mol. The van der Waals surface area contributed by atoms with Gasteiger partial charge >= 0.3 is 0 Å². The molecule has 0 saturated carbocycles. The first-order valence-corrected chi connectivity index (χ1v) is 9.40. The quantitative estimate of drug-likeness (QED) is 0.504. The Morgan fingerprint density at radius 1 is 1.18 bits per heavy atom. The molecule has 0 unspecified atom stereocenters. The number of amides is 1. The summed E-state index contributed by atoms with van der Waals surface area (Å²) in [5.74, 6) is 0.878. The van der Waals surface area contributed by atoms with Gasteiger partial charge in [0, 0.05) is 40.8 Å². The number of carbonyl (C=O) groups is 1. The highest BCUT2D eigenvalue weighted by molar-refractivity contribution is 8.00. The third-order valence-corrected chi connectivity index (χ3v) is 4.89. The summed E-state index contributed by atoms with van der Waals surface area (Å²) >= 11 is 1.42. The van der Waals surface area contributed by atoms with Crippen molar-refractivity contribution in [1.29, 1.82) is 0 Å². The van der Waals surface area contributed by atoms with E-state index in [0.717, 1.165) is 16.0 Å². The fraction of sp³-hybridized carbons (Fsp3) is 0.105. The zero-order chi connectivity index (χ0) is 19.3. The summed E-state index contributed by atoms with van der Waals surface area (Å²) in [5.41, 5.74) is 2.36. The van der Waals surface area contributed by atoms with Crippen LogP contribution in [0.4, 0.5) is 5.95 Å². The van der Waals surface area contributed by atoms with Crippen molar-refractivity contribution in [1.82, 2.24) is 24.6 Å². The van der Waals surface area contributed by atoms with Crippen molar-refractivity contribution < 1.29 is 9.53 Å². The smallest absolute Gasteiger partial charge is 0.249 e. The van der Waals surface area contributed by atoms with Gasteiger partial charge in [-0.3, -0.25) is 15.1 Å². The van der Waals surface area contributed by atoms with Crippen LogP contribution in [-0.2, 0) is 4.79 Å². The molecule has 8 nitrogen and oxygen atoms in total. The first-order valence-electron chi connectivity index (χ1n) is 8.41. The monoisotopic (exact) mass is 392 g/mol. The van der Waals surface area contributed by atoms with Gasteiger partial charge in [0.2, 0.25) is 17.7 Å². The van der Waals surface area contributed by atoms with Gasteiger partial charge in [-0.25, -0.2) is 9.50 Å². The highest BCUT2D eigenvalue weighted by atomic mass is 32.2. The van der Waals surface area contributed by atoms with Crippen LogP contribution in [0.1, 0.15) is 0 Å². The standard InChI is InChI=1S/C19H16N6O2S/c1-27-18-15(3-2-8-21-18)13-4-5-16-22-19(24-25(16)11-13)23-17(26)12-28-14-6-9-20-10-7-14/h2-11H,12H2,1H3,(H,23,24,26). The van der Waals surface area contributed by atoms with Crippen molar-refractivity contribution in [3.05, 3.63) is 61.2 Å². The Balaban J connectivity index is 1.49. The fourth-order valence-corrected chi connectivity index (χ4v) is 3.30. The molecule has 0 aromatic carbocycles. The molecule has 0 aliphatic heterocycles. The fourth-order valence-electron chi connectivity index (χ4n) is 2.61. The van der Waals surface area contributed by atoms with E-state index in [1.165, 1.54) is 11.8 Å². The Labute approximate surface area is 165 Å². The number of hydrogen-bond donors (Lipinski definition) is 1. The number of nitrogens with one attached hydrogen (secondary N) is 1. The molecule has 0 fully saturated rings. The van der Waals surface area contributed by atoms with Crippen LogP contribution in [0, 0.1) is 0 Å². The lowest BCUT2D eigenvalue weighted by Gasteiger charge is -2.06. The number of aromatic nitrogens is 5. The number of hydrogen-bond acceptors (Lipinski definition) is 7. The maximum Gasteiger partial charge on any atom is 0.249 e. The van der Waals surface area contributed by atoms with Gasteiger partial charge in [-0.2, -0.15) is 4.98 Å². The number of thioether (sulfide) groups is 1. The van der Waals surface area contributed by atoms with E-state index in [9.17, 15) is 4.79 Å². The number of fused-ring (bicyclic) bond motifs is 1. The predicted octanol–water partition coefficient (Wildman–Crippen LogP) is 2.93. The van der Waals surface area contributed by atoms with Crippen molar-refractivity contribution in [2.75, 3.05) is 18.2 Å². The van der Waals surface area contributed by atoms with Gasteiger partial charge < -0.3 is 4.74 Å². The van der Waals surface area contributed by atoms with Crippen molar-refractivity contribution >= 4 is 29.3 Å². The van der Waals surface area contributed by atoms with E-state index >= 15 is 0 Å². The second-order valence-electron chi connectivity index (χ2n) is 5.74. The topological polar surface area (TPSA) is 94.3 Å². The molecule has 4 rings (SSSR count). The van der Waals surface area contributed by atoms with Gasteiger partial charge in [0.25, 0.3) is 0 Å². The summed E-state index contributed by atoms with van der Waals surface area (Å²) in [5, 5.41) is 7.07. The van der Waals surface area contributed by atoms with E-state index in [4.69, 9.17) is 4.74 Å². The summed E-state index contributed by atoms with van der Waals surface area (Å²) in [6.45, 7) is 0. The molecular weight excluding hydrogens is 376 g/mol. The minimum absolute atomic E-state index is 0.174. The van der Waals surface area contributed by atoms with Crippen LogP contribution in [0.5, 0.6) is 5.88 Å². The van der Waals surface area contributed by atoms with Gasteiger partial charge in [-0.05, 0) is 36.4 Å². The van der Waals surface area contributed by atoms with E-state index < -0.39 is 0 Å². The largest absolute Gasteiger partial charge is 0.481 e. The van der Waals surface area contributed by atoms with Gasteiger partial charge in [0.05, 0.1) is 12.9 Å². The Hall–Kier alpha value is -3.46. The molecule has 9 heteroatoms. The Morgan fingerprint density at radius 3 is 2.86 bits per heavy atom. The minimum Gasteiger partial charge on any atom is -0.481 e. The summed E-state index contributed by atoms with van der Waals surface area (Å²) in [4.78, 5) is 25.7. The minimum atomic E-state index is -0.174. The molecule has 4 aromatic heterocycles. The SMILES string of the molecule is COc1ncccc1-c1ccc2nc(NC(=O)CSc3ccncc3)nn2c1. The second kappa shape index (κ2) is 8.05. The van der Waals surface area contributed by atoms with E-state index in [1.54, 1.807) is 30.2 Å². The number of nitrogens with zero attached hydrogens (tertiary/aromatic N) is 5. The summed E-state index contributed by atoms with van der Waals surface area (Å²) in [7, 11) is 1.58. The van der Waals surface area contributed by atoms with Gasteiger partial charge in [0.15, 0.2) is 5.65 Å². The number of carbonyl (C=O) groups excluding carboxylic acids is 1. The normalized spacial score (nSPS) is 10.8. The van der Waals surface area contributed by atoms with Crippen LogP contribution >= 0.6 is 11.8 Å². The third kappa shape index (κ3) is 3.94. The van der Waals surface area contributed by atoms with Gasteiger partial charge in [-0.15, -0.1) is 16.9 Å². The third-order valence-electron chi connectivity index (χ3n) is 3.88. The Morgan fingerprint density at radius 2 is 2.04 bits per heavy atom. The molecule has 1 N–H and O–H groups in total. The van der Waals surface area contributed by atoms with E-state index in [0.29, 0.717) is 11.5 Å². The van der Waals surface area contributed by atoms with E-state index in [-0.39, 0.29) is 17.6 Å². The molecule has 4 heterocycles. The van der Waals surface area contributed by atoms with E-state index in [1.807, 2.05) is 42.6 Å². The lowest BCUT2D eigenvalue weighted by molar-refractivity contribution is -0.113. The molecule has 0 aliphatic carbocycles. The van der Waals surface area contributed by atoms with Crippen LogP contribution in [0.3, 0.4) is 0 Å². The number of ether oxygens (including phenoxy) is 1. The maximum atomic E-state index is 12.2. The molecule has 0 bridgehead atoms. The molecule has 4 aromatic rings. The number of methoxy groups -OCH3 is 1. The van der Waals surface area contributed by atoms with Crippen LogP contribution in [-0.4, -0.2) is 43.3 Å². The number of anilines is 1. The van der Waals surface area contributed by atoms with Crippen LogP contribution in [0.25, 0.3) is 16.8 Å². The van der Waals surface area contributed by atoms with Gasteiger partial charge in [-0.1, -0.05) is 0 Å². The van der Waals surface area contributed by atoms with Crippen LogP contribution in [0.15, 0.2) is 66.1 Å². The summed E-state index contributed by atoms with van der Waals surface area (Å²) in [6, 6.07) is 11.2. The molecule has 0 aliphatic rings. The zero-order valence-corrected chi connectivity index (χ0v) is 15.8. The highest BCUT2D eigenvalue weighted by Crippen LogP contribution is 2.27. The van der Waals surface area contributed by atoms with Crippen LogP contribution < -0.4 is 10.1 Å². The number of rotatable bonds is 6. The molecule has 0 atom stereocenters. The summed E-state index contributed by atoms with van der Waals surface area (Å²) in [6.07, 6.45) is 6.88. The Kier molecular flexibility index (Phi) is 5.16. The first-order chi connectivity index (χ1) is 13.7. The first kappa shape index (κ1) is 17.9. The molecular formula is C19H16N6O2S. The molecule has 28 heavy (non-hydrogen) atoms. The summed E-state index contributed by atoms with van der Waals surface area (Å²) < 4.78 is 6.93. The van der Waals surface area contributed by atoms with Crippen molar-refractivity contribution in [3.63, 3.8) is 0 Å². The molecule has 0 radical (unpaired) electrons. The van der Waals surface area contributed by atoms with Crippen LogP contribution in [0.2, 0.25) is 0 Å². The predicted molar refractivity (Wildman–Crippen MR) is 106 cm³/mol. The van der Waals surface area contributed by atoms with Gasteiger partial charge in [0.1, 0.15) is 0 Å². The lowest BCUT2D eigenvalue weighted by Crippen LogP contribution is -2.15. The van der Waals surface area contributed by atoms with Crippen molar-refractivity contribution in [3.8, 4) is 17.0 Å². The van der Waals surface area contributed by atoms with E-state index in [2.05, 4.69) is 25.4 Å². The second-order valence-corrected chi connectivity index (χ2v) is 6.78. The molecule has 0 saturated heterocycles. The molecule has 140 valence electrons. The molecule has 0 spiro atoms. The zero-order valence-electron chi connectivity index (χ0n) is 14.9. The lowest BCUT2D eigenvalue weighted by atomic mass is 10.1. The maximum absolute atomic E-state index is 12.2. The average Bonchev–Trinajstić information content (AvgIpc) is 3.14. The van der Waals surface area contributed by atoms with Crippen molar-refractivity contribution in [2.24, 2.45) is 0 Å².